The van der Waals surface area contributed by atoms with Gasteiger partial charge < -0.3 is 15.8 Å². The summed E-state index contributed by atoms with van der Waals surface area (Å²) in [6.45, 7) is 5.72. The zero-order chi connectivity index (χ0) is 18.8. The third-order valence-electron chi connectivity index (χ3n) is 4.28. The molecular weight excluding hydrogens is 479 g/mol. The third kappa shape index (κ3) is 7.92. The Balaban J connectivity index is 0.00000364. The molecule has 1 heterocycles. The molecule has 1 aromatic carbocycles. The highest BCUT2D eigenvalue weighted by Gasteiger charge is 2.25. The number of benzene rings is 1. The normalized spacial score (nSPS) is 16.0. The second-order valence-corrected chi connectivity index (χ2v) is 8.23. The van der Waals surface area contributed by atoms with Crippen LogP contribution in [-0.2, 0) is 21.3 Å². The molecule has 0 spiro atoms. The van der Waals surface area contributed by atoms with Gasteiger partial charge in [0.05, 0.1) is 11.4 Å². The van der Waals surface area contributed by atoms with Crippen LogP contribution in [0.4, 0.5) is 0 Å². The number of hydrogen-bond acceptors (Lipinski definition) is 4. The van der Waals surface area contributed by atoms with E-state index in [1.54, 1.807) is 28.6 Å². The standard InChI is InChI=1S/C18H30N4O3S.HI/c1-2-25-14-6-11-20-18(19)21-15-16-7-9-17(10-8-16)26(23,24)22-12-4-3-5-13-22;/h7-10H,2-6,11-15H2,1H3,(H3,19,20,21);1H. The van der Waals surface area contributed by atoms with Crippen molar-refractivity contribution < 1.29 is 13.2 Å². The van der Waals surface area contributed by atoms with E-state index < -0.39 is 10.0 Å². The van der Waals surface area contributed by atoms with Crippen LogP contribution in [0.3, 0.4) is 0 Å². The van der Waals surface area contributed by atoms with Crippen LogP contribution in [0.15, 0.2) is 34.2 Å². The lowest BCUT2D eigenvalue weighted by Gasteiger charge is -2.25. The summed E-state index contributed by atoms with van der Waals surface area (Å²) in [7, 11) is -3.38. The second kappa shape index (κ2) is 12.5. The van der Waals surface area contributed by atoms with Crippen molar-refractivity contribution in [1.82, 2.24) is 9.62 Å². The molecule has 9 heteroatoms. The topological polar surface area (TPSA) is 97.0 Å². The smallest absolute Gasteiger partial charge is 0.243 e. The largest absolute Gasteiger partial charge is 0.382 e. The number of nitrogens with one attached hydrogen (secondary N) is 1. The Labute approximate surface area is 179 Å². The van der Waals surface area contributed by atoms with Gasteiger partial charge in [0.15, 0.2) is 5.96 Å². The molecule has 0 unspecified atom stereocenters. The Morgan fingerprint density at radius 3 is 2.52 bits per heavy atom. The summed E-state index contributed by atoms with van der Waals surface area (Å²) in [5.74, 6) is 0.381. The lowest BCUT2D eigenvalue weighted by Crippen LogP contribution is -2.35. The van der Waals surface area contributed by atoms with Crippen LogP contribution in [0.5, 0.6) is 0 Å². The van der Waals surface area contributed by atoms with Crippen molar-refractivity contribution in [3.63, 3.8) is 0 Å². The van der Waals surface area contributed by atoms with Crippen molar-refractivity contribution in [2.24, 2.45) is 10.7 Å². The van der Waals surface area contributed by atoms with Crippen molar-refractivity contribution >= 4 is 40.0 Å². The summed E-state index contributed by atoms with van der Waals surface area (Å²) in [5.41, 5.74) is 6.75. The minimum absolute atomic E-state index is 0. The molecule has 0 atom stereocenters. The molecule has 154 valence electrons. The summed E-state index contributed by atoms with van der Waals surface area (Å²) in [5, 5.41) is 3.04. The number of piperidine rings is 1. The number of halogens is 1. The minimum Gasteiger partial charge on any atom is -0.382 e. The van der Waals surface area contributed by atoms with E-state index in [1.165, 1.54) is 0 Å². The van der Waals surface area contributed by atoms with Gasteiger partial charge in [-0.2, -0.15) is 4.31 Å². The van der Waals surface area contributed by atoms with Crippen LogP contribution in [0.2, 0.25) is 0 Å². The highest BCUT2D eigenvalue weighted by atomic mass is 127. The fourth-order valence-electron chi connectivity index (χ4n) is 2.79. The summed E-state index contributed by atoms with van der Waals surface area (Å²) in [6.07, 6.45) is 3.84. The maximum absolute atomic E-state index is 12.6. The zero-order valence-electron chi connectivity index (χ0n) is 15.9. The van der Waals surface area contributed by atoms with E-state index in [9.17, 15) is 8.42 Å². The Hall–Kier alpha value is -0.910. The van der Waals surface area contributed by atoms with E-state index in [4.69, 9.17) is 10.5 Å². The quantitative estimate of drug-likeness (QED) is 0.230. The molecule has 1 aliphatic rings. The van der Waals surface area contributed by atoms with Gasteiger partial charge in [-0.15, -0.1) is 24.0 Å². The monoisotopic (exact) mass is 510 g/mol. The summed E-state index contributed by atoms with van der Waals surface area (Å²) < 4.78 is 32.1. The van der Waals surface area contributed by atoms with Crippen LogP contribution in [-0.4, -0.2) is 51.5 Å². The van der Waals surface area contributed by atoms with Gasteiger partial charge in [0.25, 0.3) is 0 Å². The molecule has 0 aliphatic carbocycles. The predicted octanol–water partition coefficient (Wildman–Crippen LogP) is 2.31. The van der Waals surface area contributed by atoms with E-state index >= 15 is 0 Å². The molecule has 27 heavy (non-hydrogen) atoms. The molecule has 0 amide bonds. The maximum Gasteiger partial charge on any atom is 0.243 e. The van der Waals surface area contributed by atoms with Gasteiger partial charge >= 0.3 is 0 Å². The first-order chi connectivity index (χ1) is 12.5. The van der Waals surface area contributed by atoms with Gasteiger partial charge in [0.1, 0.15) is 0 Å². The molecule has 3 N–H and O–H groups in total. The van der Waals surface area contributed by atoms with Gasteiger partial charge in [-0.25, -0.2) is 13.4 Å². The Kier molecular flexibility index (Phi) is 11.2. The third-order valence-corrected chi connectivity index (χ3v) is 6.20. The summed E-state index contributed by atoms with van der Waals surface area (Å²) in [6, 6.07) is 6.90. The van der Waals surface area contributed by atoms with E-state index in [-0.39, 0.29) is 24.0 Å². The Morgan fingerprint density at radius 1 is 1.22 bits per heavy atom. The zero-order valence-corrected chi connectivity index (χ0v) is 19.0. The van der Waals surface area contributed by atoms with Gasteiger partial charge in [0.2, 0.25) is 10.0 Å². The molecular formula is C18H31IN4O3S. The first kappa shape index (κ1) is 24.1. The van der Waals surface area contributed by atoms with Crippen LogP contribution < -0.4 is 11.1 Å². The first-order valence-corrected chi connectivity index (χ1v) is 10.7. The van der Waals surface area contributed by atoms with Gasteiger partial charge in [-0.1, -0.05) is 18.6 Å². The number of aliphatic imine (C=N–C) groups is 1. The number of sulfonamides is 1. The molecule has 0 aromatic heterocycles. The van der Waals surface area contributed by atoms with Gasteiger partial charge in [0, 0.05) is 32.8 Å². The SMILES string of the molecule is CCOCCCNC(N)=NCc1ccc(S(=O)(=O)N2CCCCC2)cc1.I. The van der Waals surface area contributed by atoms with Crippen LogP contribution >= 0.6 is 24.0 Å². The molecule has 1 saturated heterocycles. The first-order valence-electron chi connectivity index (χ1n) is 9.24. The second-order valence-electron chi connectivity index (χ2n) is 6.29. The van der Waals surface area contributed by atoms with Crippen molar-refractivity contribution in [1.29, 1.82) is 0 Å². The van der Waals surface area contributed by atoms with Crippen LogP contribution in [0.25, 0.3) is 0 Å². The number of nitrogens with two attached hydrogens (primary N) is 1. The highest BCUT2D eigenvalue weighted by molar-refractivity contribution is 14.0. The fourth-order valence-corrected chi connectivity index (χ4v) is 4.31. The van der Waals surface area contributed by atoms with Gasteiger partial charge in [-0.3, -0.25) is 0 Å². The molecule has 0 radical (unpaired) electrons. The van der Waals surface area contributed by atoms with E-state index in [2.05, 4.69) is 10.3 Å². The Bertz CT molecular complexity index is 674. The minimum atomic E-state index is -3.38. The molecule has 2 rings (SSSR count). The van der Waals surface area contributed by atoms with Crippen molar-refractivity contribution in [2.45, 2.75) is 44.0 Å². The van der Waals surface area contributed by atoms with Crippen molar-refractivity contribution in [2.75, 3.05) is 32.8 Å². The average molecular weight is 510 g/mol. The lowest BCUT2D eigenvalue weighted by atomic mass is 10.2. The number of guanidine groups is 1. The maximum atomic E-state index is 12.6. The molecule has 7 nitrogen and oxygen atoms in total. The van der Waals surface area contributed by atoms with Crippen LogP contribution in [0, 0.1) is 0 Å². The summed E-state index contributed by atoms with van der Waals surface area (Å²) >= 11 is 0. The highest BCUT2D eigenvalue weighted by Crippen LogP contribution is 2.20. The molecule has 0 bridgehead atoms. The number of nitrogens with zero attached hydrogens (tertiary/aromatic N) is 2. The lowest BCUT2D eigenvalue weighted by molar-refractivity contribution is 0.145. The van der Waals surface area contributed by atoms with Crippen molar-refractivity contribution in [3.05, 3.63) is 29.8 Å². The average Bonchev–Trinajstić information content (AvgIpc) is 2.67. The molecule has 0 saturated carbocycles. The molecule has 1 aromatic rings. The number of ether oxygens (including phenoxy) is 1. The molecule has 1 fully saturated rings. The van der Waals surface area contributed by atoms with Crippen LogP contribution in [0.1, 0.15) is 38.2 Å². The van der Waals surface area contributed by atoms with E-state index in [0.29, 0.717) is 50.2 Å². The predicted molar refractivity (Wildman–Crippen MR) is 119 cm³/mol. The number of hydrogen-bond donors (Lipinski definition) is 2. The fraction of sp³-hybridized carbons (Fsp3) is 0.611. The Morgan fingerprint density at radius 2 is 1.89 bits per heavy atom. The van der Waals surface area contributed by atoms with Crippen molar-refractivity contribution in [3.8, 4) is 0 Å². The molecule has 1 aliphatic heterocycles. The van der Waals surface area contributed by atoms with E-state index in [0.717, 1.165) is 31.2 Å². The van der Waals surface area contributed by atoms with Gasteiger partial charge in [-0.05, 0) is 43.9 Å². The number of rotatable bonds is 9. The summed E-state index contributed by atoms with van der Waals surface area (Å²) in [4.78, 5) is 4.62. The van der Waals surface area contributed by atoms with E-state index in [1.807, 2.05) is 6.92 Å².